The molecule has 2 nitrogen and oxygen atoms in total. The van der Waals surface area contributed by atoms with Crippen LogP contribution < -0.4 is 5.32 Å². The van der Waals surface area contributed by atoms with Crippen LogP contribution in [0.4, 0.5) is 0 Å². The van der Waals surface area contributed by atoms with Crippen molar-refractivity contribution in [2.75, 3.05) is 13.3 Å². The highest BCUT2D eigenvalue weighted by atomic mass is 32.2. The van der Waals surface area contributed by atoms with E-state index in [9.17, 15) is 0 Å². The van der Waals surface area contributed by atoms with Crippen molar-refractivity contribution in [3.05, 3.63) is 15.6 Å². The fraction of sp³-hybridized carbons (Fsp3) is 0.700. The monoisotopic (exact) mass is 230 g/mol. The van der Waals surface area contributed by atoms with Crippen LogP contribution in [0.1, 0.15) is 28.9 Å². The fourth-order valence-corrected chi connectivity index (χ4v) is 3.18. The Balaban J connectivity index is 2.76. The van der Waals surface area contributed by atoms with Crippen molar-refractivity contribution in [1.29, 1.82) is 0 Å². The van der Waals surface area contributed by atoms with E-state index in [1.165, 1.54) is 22.0 Å². The van der Waals surface area contributed by atoms with E-state index in [1.54, 1.807) is 0 Å². The number of rotatable bonds is 6. The Morgan fingerprint density at radius 2 is 2.29 bits per heavy atom. The highest BCUT2D eigenvalue weighted by Crippen LogP contribution is 2.22. The molecule has 0 bridgehead atoms. The summed E-state index contributed by atoms with van der Waals surface area (Å²) in [6, 6.07) is 0. The van der Waals surface area contributed by atoms with Crippen molar-refractivity contribution in [2.24, 2.45) is 0 Å². The normalized spacial score (nSPS) is 10.8. The second-order valence-electron chi connectivity index (χ2n) is 3.19. The Morgan fingerprint density at radius 3 is 2.86 bits per heavy atom. The number of hydrogen-bond donors (Lipinski definition) is 1. The van der Waals surface area contributed by atoms with Crippen LogP contribution in [0.25, 0.3) is 0 Å². The average Bonchev–Trinajstić information content (AvgIpc) is 2.50. The molecule has 0 atom stereocenters. The van der Waals surface area contributed by atoms with Crippen molar-refractivity contribution in [2.45, 2.75) is 32.1 Å². The van der Waals surface area contributed by atoms with Crippen LogP contribution in [0.2, 0.25) is 0 Å². The number of nitrogens with zero attached hydrogens (tertiary/aromatic N) is 1. The van der Waals surface area contributed by atoms with Gasteiger partial charge in [-0.05, 0) is 19.7 Å². The van der Waals surface area contributed by atoms with Gasteiger partial charge < -0.3 is 5.32 Å². The largest absolute Gasteiger partial charge is 0.315 e. The molecule has 14 heavy (non-hydrogen) atoms. The maximum Gasteiger partial charge on any atom is 0.103 e. The van der Waals surface area contributed by atoms with E-state index in [1.807, 2.05) is 30.1 Å². The first kappa shape index (κ1) is 12.0. The van der Waals surface area contributed by atoms with Gasteiger partial charge in [0.2, 0.25) is 0 Å². The predicted octanol–water partition coefficient (Wildman–Crippen LogP) is 2.68. The highest BCUT2D eigenvalue weighted by Gasteiger charge is 2.08. The van der Waals surface area contributed by atoms with Crippen molar-refractivity contribution in [3.63, 3.8) is 0 Å². The minimum atomic E-state index is 0.960. The van der Waals surface area contributed by atoms with E-state index in [4.69, 9.17) is 0 Å². The summed E-state index contributed by atoms with van der Waals surface area (Å²) in [7, 11) is 1.99. The predicted molar refractivity (Wildman–Crippen MR) is 66.1 cm³/mol. The van der Waals surface area contributed by atoms with Crippen molar-refractivity contribution in [1.82, 2.24) is 10.3 Å². The van der Waals surface area contributed by atoms with Crippen molar-refractivity contribution < 1.29 is 0 Å². The molecule has 0 aliphatic carbocycles. The van der Waals surface area contributed by atoms with Crippen LogP contribution in [-0.2, 0) is 18.7 Å². The zero-order valence-corrected chi connectivity index (χ0v) is 10.7. The van der Waals surface area contributed by atoms with Gasteiger partial charge >= 0.3 is 0 Å². The summed E-state index contributed by atoms with van der Waals surface area (Å²) >= 11 is 3.69. The van der Waals surface area contributed by atoms with Gasteiger partial charge in [0.05, 0.1) is 5.69 Å². The average molecular weight is 230 g/mol. The van der Waals surface area contributed by atoms with Crippen LogP contribution >= 0.6 is 23.1 Å². The summed E-state index contributed by atoms with van der Waals surface area (Å²) in [5.41, 5.74) is 1.30. The smallest absolute Gasteiger partial charge is 0.103 e. The van der Waals surface area contributed by atoms with E-state index >= 15 is 0 Å². The zero-order valence-electron chi connectivity index (χ0n) is 9.09. The fourth-order valence-electron chi connectivity index (χ4n) is 1.35. The summed E-state index contributed by atoms with van der Waals surface area (Å²) in [5, 5.41) is 4.47. The Bertz CT molecular complexity index is 248. The third kappa shape index (κ3) is 3.26. The molecule has 1 aromatic heterocycles. The third-order valence-electron chi connectivity index (χ3n) is 1.91. The van der Waals surface area contributed by atoms with Gasteiger partial charge in [-0.2, -0.15) is 11.8 Å². The molecule has 1 N–H and O–H groups in total. The number of nitrogens with one attached hydrogen (secondary N) is 1. The molecular weight excluding hydrogens is 212 g/mol. The van der Waals surface area contributed by atoms with Crippen molar-refractivity contribution in [3.8, 4) is 0 Å². The molecule has 0 spiro atoms. The second-order valence-corrected chi connectivity index (χ2v) is 5.23. The summed E-state index contributed by atoms with van der Waals surface area (Å²) in [4.78, 5) is 6.08. The van der Waals surface area contributed by atoms with Crippen LogP contribution in [-0.4, -0.2) is 18.3 Å². The van der Waals surface area contributed by atoms with Crippen LogP contribution in [0.15, 0.2) is 0 Å². The second kappa shape index (κ2) is 6.43. The molecule has 0 aliphatic rings. The Labute approximate surface area is 94.5 Å². The molecule has 0 saturated heterocycles. The lowest BCUT2D eigenvalue weighted by Crippen LogP contribution is -2.05. The molecule has 1 aromatic rings. The number of aromatic nitrogens is 1. The number of thiazole rings is 1. The molecule has 1 rings (SSSR count). The molecule has 0 radical (unpaired) electrons. The molecule has 0 unspecified atom stereocenters. The SMILES string of the molecule is CCCc1nc(CSC)sc1CNC. The van der Waals surface area contributed by atoms with E-state index in [-0.39, 0.29) is 0 Å². The number of aryl methyl sites for hydroxylation is 1. The lowest BCUT2D eigenvalue weighted by Gasteiger charge is -1.98. The van der Waals surface area contributed by atoms with Gasteiger partial charge in [0.15, 0.2) is 0 Å². The summed E-state index contributed by atoms with van der Waals surface area (Å²) in [6.07, 6.45) is 4.42. The number of thioether (sulfide) groups is 1. The first-order valence-corrected chi connectivity index (χ1v) is 7.13. The first-order chi connectivity index (χ1) is 6.81. The van der Waals surface area contributed by atoms with Crippen LogP contribution in [0.5, 0.6) is 0 Å². The van der Waals surface area contributed by atoms with E-state index in [0.717, 1.165) is 18.7 Å². The molecule has 0 amide bonds. The Hall–Kier alpha value is -0.0600. The maximum atomic E-state index is 4.67. The van der Waals surface area contributed by atoms with E-state index in [0.29, 0.717) is 0 Å². The summed E-state index contributed by atoms with van der Waals surface area (Å²) < 4.78 is 0. The van der Waals surface area contributed by atoms with E-state index in [2.05, 4.69) is 23.5 Å². The van der Waals surface area contributed by atoms with Gasteiger partial charge in [0.25, 0.3) is 0 Å². The zero-order chi connectivity index (χ0) is 10.4. The van der Waals surface area contributed by atoms with Gasteiger partial charge in [-0.25, -0.2) is 4.98 Å². The Morgan fingerprint density at radius 1 is 1.50 bits per heavy atom. The molecule has 80 valence electrons. The highest BCUT2D eigenvalue weighted by molar-refractivity contribution is 7.97. The van der Waals surface area contributed by atoms with Crippen LogP contribution in [0.3, 0.4) is 0 Å². The molecule has 0 aliphatic heterocycles. The molecule has 0 saturated carbocycles. The van der Waals surface area contributed by atoms with Crippen LogP contribution in [0, 0.1) is 0 Å². The van der Waals surface area contributed by atoms with Gasteiger partial charge in [-0.15, -0.1) is 11.3 Å². The maximum absolute atomic E-state index is 4.67. The Kier molecular flexibility index (Phi) is 5.52. The van der Waals surface area contributed by atoms with Gasteiger partial charge in [0.1, 0.15) is 5.01 Å². The molecular formula is C10H18N2S2. The lowest BCUT2D eigenvalue weighted by atomic mass is 10.2. The molecule has 1 heterocycles. The van der Waals surface area contributed by atoms with Gasteiger partial charge in [0, 0.05) is 17.2 Å². The van der Waals surface area contributed by atoms with Gasteiger partial charge in [-0.1, -0.05) is 13.3 Å². The summed E-state index contributed by atoms with van der Waals surface area (Å²) in [6.45, 7) is 3.16. The topological polar surface area (TPSA) is 24.9 Å². The molecule has 0 aromatic carbocycles. The van der Waals surface area contributed by atoms with E-state index < -0.39 is 0 Å². The number of hydrogen-bond acceptors (Lipinski definition) is 4. The quantitative estimate of drug-likeness (QED) is 0.813. The third-order valence-corrected chi connectivity index (χ3v) is 3.76. The minimum absolute atomic E-state index is 0.960. The lowest BCUT2D eigenvalue weighted by molar-refractivity contribution is 0.797. The van der Waals surface area contributed by atoms with Crippen molar-refractivity contribution >= 4 is 23.1 Å². The molecule has 4 heteroatoms. The first-order valence-electron chi connectivity index (χ1n) is 4.92. The summed E-state index contributed by atoms with van der Waals surface area (Å²) in [5.74, 6) is 1.05. The van der Waals surface area contributed by atoms with Gasteiger partial charge in [-0.3, -0.25) is 0 Å². The molecule has 0 fully saturated rings. The standard InChI is InChI=1S/C10H18N2S2/c1-4-5-8-9(6-11-2)14-10(12-8)7-13-3/h11H,4-7H2,1-3H3. The minimum Gasteiger partial charge on any atom is -0.315 e.